The van der Waals surface area contributed by atoms with Crippen molar-refractivity contribution in [3.63, 3.8) is 0 Å². The predicted molar refractivity (Wildman–Crippen MR) is 95.9 cm³/mol. The molecule has 0 spiro atoms. The summed E-state index contributed by atoms with van der Waals surface area (Å²) in [6.45, 7) is 0. The lowest BCUT2D eigenvalue weighted by Crippen LogP contribution is -2.17. The average Bonchev–Trinajstić information content (AvgIpc) is 3.17. The number of aromatic nitrogens is 3. The second kappa shape index (κ2) is 6.34. The Morgan fingerprint density at radius 1 is 1.20 bits per heavy atom. The SMILES string of the molecule is CSc1ncc(-c2cncc3cc(/C=C4/SC(=O)NC4=O)oc23)cn1. The average molecular weight is 370 g/mol. The van der Waals surface area contributed by atoms with Gasteiger partial charge in [0.1, 0.15) is 11.3 Å². The van der Waals surface area contributed by atoms with Gasteiger partial charge in [-0.2, -0.15) is 0 Å². The van der Waals surface area contributed by atoms with E-state index in [9.17, 15) is 9.59 Å². The summed E-state index contributed by atoms with van der Waals surface area (Å²) in [5, 5.41) is 3.29. The topological polar surface area (TPSA) is 98.0 Å². The number of rotatable bonds is 3. The van der Waals surface area contributed by atoms with E-state index in [1.807, 2.05) is 6.26 Å². The molecule has 0 bridgehead atoms. The van der Waals surface area contributed by atoms with Gasteiger partial charge in [0.2, 0.25) is 0 Å². The molecule has 0 saturated carbocycles. The number of nitrogens with one attached hydrogen (secondary N) is 1. The largest absolute Gasteiger partial charge is 0.456 e. The minimum Gasteiger partial charge on any atom is -0.456 e. The second-order valence-electron chi connectivity index (χ2n) is 5.06. The maximum Gasteiger partial charge on any atom is 0.290 e. The number of carbonyl (C=O) groups is 2. The number of nitrogens with zero attached hydrogens (tertiary/aromatic N) is 3. The number of amides is 2. The molecule has 0 radical (unpaired) electrons. The maximum absolute atomic E-state index is 11.7. The van der Waals surface area contributed by atoms with Gasteiger partial charge >= 0.3 is 0 Å². The Bertz CT molecular complexity index is 1030. The lowest BCUT2D eigenvalue weighted by atomic mass is 10.1. The monoisotopic (exact) mass is 370 g/mol. The Morgan fingerprint density at radius 3 is 2.68 bits per heavy atom. The molecule has 1 aliphatic heterocycles. The lowest BCUT2D eigenvalue weighted by Gasteiger charge is -2.01. The highest BCUT2D eigenvalue weighted by atomic mass is 32.2. The van der Waals surface area contributed by atoms with Crippen LogP contribution in [0.1, 0.15) is 5.76 Å². The van der Waals surface area contributed by atoms with E-state index in [1.54, 1.807) is 36.9 Å². The van der Waals surface area contributed by atoms with Crippen LogP contribution < -0.4 is 5.32 Å². The number of furan rings is 1. The number of fused-ring (bicyclic) bond motifs is 1. The van der Waals surface area contributed by atoms with Crippen LogP contribution >= 0.6 is 23.5 Å². The van der Waals surface area contributed by atoms with Crippen molar-refractivity contribution in [2.45, 2.75) is 5.16 Å². The van der Waals surface area contributed by atoms with Gasteiger partial charge in [-0.3, -0.25) is 19.9 Å². The summed E-state index contributed by atoms with van der Waals surface area (Å²) in [6.07, 6.45) is 10.2. The summed E-state index contributed by atoms with van der Waals surface area (Å²) in [7, 11) is 0. The van der Waals surface area contributed by atoms with E-state index in [2.05, 4.69) is 20.3 Å². The zero-order valence-corrected chi connectivity index (χ0v) is 14.5. The van der Waals surface area contributed by atoms with Crippen LogP contribution in [0.5, 0.6) is 0 Å². The molecular formula is C16H10N4O3S2. The molecule has 0 aliphatic carbocycles. The van der Waals surface area contributed by atoms with Gasteiger partial charge in [-0.05, 0) is 24.1 Å². The summed E-state index contributed by atoms with van der Waals surface area (Å²) in [6, 6.07) is 1.77. The highest BCUT2D eigenvalue weighted by molar-refractivity contribution is 8.18. The molecule has 0 atom stereocenters. The Morgan fingerprint density at radius 2 is 2.00 bits per heavy atom. The molecule has 4 rings (SSSR count). The Balaban J connectivity index is 1.77. The number of hydrogen-bond acceptors (Lipinski definition) is 8. The number of thioether (sulfide) groups is 2. The van der Waals surface area contributed by atoms with Crippen LogP contribution in [-0.4, -0.2) is 32.4 Å². The van der Waals surface area contributed by atoms with Crippen LogP contribution in [0.2, 0.25) is 0 Å². The van der Waals surface area contributed by atoms with Crippen molar-refractivity contribution in [3.8, 4) is 11.1 Å². The smallest absolute Gasteiger partial charge is 0.290 e. The molecular weight excluding hydrogens is 360 g/mol. The molecule has 124 valence electrons. The van der Waals surface area contributed by atoms with E-state index < -0.39 is 5.91 Å². The summed E-state index contributed by atoms with van der Waals surface area (Å²) < 4.78 is 5.87. The molecule has 7 nitrogen and oxygen atoms in total. The maximum atomic E-state index is 11.7. The zero-order chi connectivity index (χ0) is 17.4. The van der Waals surface area contributed by atoms with Crippen molar-refractivity contribution < 1.29 is 14.0 Å². The summed E-state index contributed by atoms with van der Waals surface area (Å²) in [4.78, 5) is 36.0. The minimum atomic E-state index is -0.421. The molecule has 3 aromatic rings. The Labute approximate surface area is 150 Å². The van der Waals surface area contributed by atoms with E-state index in [0.717, 1.165) is 28.3 Å². The first-order valence-corrected chi connectivity index (χ1v) is 9.17. The van der Waals surface area contributed by atoms with E-state index in [0.29, 0.717) is 21.4 Å². The fourth-order valence-corrected chi connectivity index (χ4v) is 3.35. The minimum absolute atomic E-state index is 0.297. The van der Waals surface area contributed by atoms with Gasteiger partial charge in [0, 0.05) is 47.4 Å². The van der Waals surface area contributed by atoms with Crippen LogP contribution in [-0.2, 0) is 4.79 Å². The Hall–Kier alpha value is -2.65. The van der Waals surface area contributed by atoms with Gasteiger partial charge in [0.15, 0.2) is 5.16 Å². The molecule has 3 aromatic heterocycles. The molecule has 0 unspecified atom stereocenters. The van der Waals surface area contributed by atoms with Gasteiger partial charge in [-0.25, -0.2) is 9.97 Å². The molecule has 2 amide bonds. The molecule has 25 heavy (non-hydrogen) atoms. The van der Waals surface area contributed by atoms with E-state index >= 15 is 0 Å². The summed E-state index contributed by atoms with van der Waals surface area (Å²) in [5.41, 5.74) is 2.17. The number of pyridine rings is 1. The van der Waals surface area contributed by atoms with E-state index in [4.69, 9.17) is 4.42 Å². The van der Waals surface area contributed by atoms with Crippen molar-refractivity contribution in [3.05, 3.63) is 41.5 Å². The molecule has 1 fully saturated rings. The van der Waals surface area contributed by atoms with E-state index in [1.165, 1.54) is 11.8 Å². The number of carbonyl (C=O) groups excluding carboxylic acids is 2. The zero-order valence-electron chi connectivity index (χ0n) is 12.8. The van der Waals surface area contributed by atoms with Gasteiger partial charge in [0.05, 0.1) is 4.91 Å². The van der Waals surface area contributed by atoms with Crippen molar-refractivity contribution in [1.82, 2.24) is 20.3 Å². The third kappa shape index (κ3) is 3.03. The van der Waals surface area contributed by atoms with Crippen LogP contribution in [0.3, 0.4) is 0 Å². The van der Waals surface area contributed by atoms with Crippen LogP contribution in [0.15, 0.2) is 45.3 Å². The summed E-state index contributed by atoms with van der Waals surface area (Å²) in [5.74, 6) is 0.0492. The van der Waals surface area contributed by atoms with Gasteiger partial charge < -0.3 is 4.42 Å². The van der Waals surface area contributed by atoms with Gasteiger partial charge in [0.25, 0.3) is 11.1 Å². The fraction of sp³-hybridized carbons (Fsp3) is 0.0625. The molecule has 1 aliphatic rings. The van der Waals surface area contributed by atoms with Crippen molar-refractivity contribution in [2.75, 3.05) is 6.26 Å². The third-order valence-electron chi connectivity index (χ3n) is 3.48. The second-order valence-corrected chi connectivity index (χ2v) is 6.85. The predicted octanol–water partition coefficient (Wildman–Crippen LogP) is 3.33. The van der Waals surface area contributed by atoms with Crippen LogP contribution in [0.4, 0.5) is 4.79 Å². The molecule has 4 heterocycles. The first-order valence-electron chi connectivity index (χ1n) is 7.13. The van der Waals surface area contributed by atoms with Crippen molar-refractivity contribution >= 4 is 51.7 Å². The highest BCUT2D eigenvalue weighted by Crippen LogP contribution is 2.32. The standard InChI is InChI=1S/C16H10N4O3S2/c1-24-15-18-5-9(6-19-15)11-7-17-4-8-2-10(23-13(8)11)3-12-14(21)20-16(22)25-12/h2-7H,1H3,(H,20,21,22)/b12-3+. The summed E-state index contributed by atoms with van der Waals surface area (Å²) >= 11 is 2.31. The molecule has 1 saturated heterocycles. The molecule has 9 heteroatoms. The lowest BCUT2D eigenvalue weighted by molar-refractivity contribution is -0.115. The first-order chi connectivity index (χ1) is 12.1. The normalized spacial score (nSPS) is 16.0. The van der Waals surface area contributed by atoms with Crippen molar-refractivity contribution in [1.29, 1.82) is 0 Å². The first kappa shape index (κ1) is 15.9. The number of imide groups is 1. The third-order valence-corrected chi connectivity index (χ3v) is 4.87. The number of hydrogen-bond donors (Lipinski definition) is 1. The molecule has 1 N–H and O–H groups in total. The Kier molecular flexibility index (Phi) is 4.02. The fourth-order valence-electron chi connectivity index (χ4n) is 2.37. The van der Waals surface area contributed by atoms with Crippen LogP contribution in [0, 0.1) is 0 Å². The van der Waals surface area contributed by atoms with Gasteiger partial charge in [-0.1, -0.05) is 11.8 Å². The van der Waals surface area contributed by atoms with Gasteiger partial charge in [-0.15, -0.1) is 0 Å². The van der Waals surface area contributed by atoms with Crippen LogP contribution in [0.25, 0.3) is 28.2 Å². The van der Waals surface area contributed by atoms with E-state index in [-0.39, 0.29) is 5.24 Å². The van der Waals surface area contributed by atoms with Crippen molar-refractivity contribution in [2.24, 2.45) is 0 Å². The molecule has 0 aromatic carbocycles. The highest BCUT2D eigenvalue weighted by Gasteiger charge is 2.25. The quantitative estimate of drug-likeness (QED) is 0.426.